The molecule has 2 aromatic carbocycles. The van der Waals surface area contributed by atoms with Gasteiger partial charge in [0.25, 0.3) is 6.43 Å². The fourth-order valence-corrected chi connectivity index (χ4v) is 4.03. The van der Waals surface area contributed by atoms with Gasteiger partial charge < -0.3 is 21.7 Å². The van der Waals surface area contributed by atoms with Gasteiger partial charge in [0, 0.05) is 24.9 Å². The summed E-state index contributed by atoms with van der Waals surface area (Å²) in [4.78, 5) is 25.4. The number of nitrogens with one attached hydrogen (secondary N) is 3. The van der Waals surface area contributed by atoms with Gasteiger partial charge in [-0.25, -0.2) is 17.6 Å². The molecule has 2 rings (SSSR count). The van der Waals surface area contributed by atoms with Crippen molar-refractivity contribution >= 4 is 11.8 Å². The number of rotatable bonds is 15. The molecule has 0 fully saturated rings. The number of amides is 2. The molecule has 5 N–H and O–H groups in total. The molecule has 0 saturated carbocycles. The van der Waals surface area contributed by atoms with E-state index < -0.39 is 54.1 Å². The largest absolute Gasteiger partial charge is 0.368 e. The first kappa shape index (κ1) is 31.2. The summed E-state index contributed by atoms with van der Waals surface area (Å²) in [5.41, 5.74) is 4.38. The smallest absolute Gasteiger partial charge is 0.261 e. The normalized spacial score (nSPS) is 15.2. The van der Waals surface area contributed by atoms with Crippen molar-refractivity contribution in [3.8, 4) is 0 Å². The third-order valence-electron chi connectivity index (χ3n) is 6.53. The van der Waals surface area contributed by atoms with Crippen LogP contribution in [0.15, 0.2) is 54.6 Å². The summed E-state index contributed by atoms with van der Waals surface area (Å²) in [6, 6.07) is 14.0. The van der Waals surface area contributed by atoms with Crippen LogP contribution in [0.1, 0.15) is 50.3 Å². The SMILES string of the molecule is Cc1cccc(CN[C@H](CC(C)(C)C(F)F)C(=O)NC(C)(C[C@H](NCc2ccccc2)C(N)=O)C(F)F)c1. The van der Waals surface area contributed by atoms with Crippen molar-refractivity contribution in [2.45, 2.75) is 84.1 Å². The lowest BCUT2D eigenvalue weighted by Gasteiger charge is -2.36. The summed E-state index contributed by atoms with van der Waals surface area (Å²) in [6.07, 6.45) is -6.59. The molecule has 0 saturated heterocycles. The third-order valence-corrected chi connectivity index (χ3v) is 6.53. The molecular formula is C28H38F4N4O2. The second kappa shape index (κ2) is 13.7. The van der Waals surface area contributed by atoms with Gasteiger partial charge in [0.1, 0.15) is 0 Å². The zero-order valence-corrected chi connectivity index (χ0v) is 22.2. The van der Waals surface area contributed by atoms with Crippen LogP contribution in [0.25, 0.3) is 0 Å². The molecule has 0 aliphatic rings. The van der Waals surface area contributed by atoms with Gasteiger partial charge in [-0.1, -0.05) is 74.0 Å². The monoisotopic (exact) mass is 538 g/mol. The highest BCUT2D eigenvalue weighted by atomic mass is 19.3. The molecule has 210 valence electrons. The van der Waals surface area contributed by atoms with E-state index in [2.05, 4.69) is 16.0 Å². The predicted octanol–water partition coefficient (Wildman–Crippen LogP) is 4.31. The highest BCUT2D eigenvalue weighted by Gasteiger charge is 2.43. The molecule has 0 heterocycles. The lowest BCUT2D eigenvalue weighted by Crippen LogP contribution is -2.60. The quantitative estimate of drug-likeness (QED) is 0.254. The Balaban J connectivity index is 2.21. The fraction of sp³-hybridized carbons (Fsp3) is 0.500. The van der Waals surface area contributed by atoms with Crippen LogP contribution in [0.4, 0.5) is 17.6 Å². The number of alkyl halides is 4. The van der Waals surface area contributed by atoms with Gasteiger partial charge in [0.2, 0.25) is 18.2 Å². The van der Waals surface area contributed by atoms with E-state index in [0.29, 0.717) is 0 Å². The van der Waals surface area contributed by atoms with Crippen molar-refractivity contribution in [1.29, 1.82) is 0 Å². The highest BCUT2D eigenvalue weighted by molar-refractivity contribution is 5.83. The molecule has 2 aromatic rings. The van der Waals surface area contributed by atoms with Crippen LogP contribution in [0.3, 0.4) is 0 Å². The summed E-state index contributed by atoms with van der Waals surface area (Å²) in [5.74, 6) is -1.71. The average Bonchev–Trinajstić information content (AvgIpc) is 2.84. The molecule has 6 nitrogen and oxygen atoms in total. The van der Waals surface area contributed by atoms with Gasteiger partial charge in [0.05, 0.1) is 17.6 Å². The second-order valence-corrected chi connectivity index (χ2v) is 10.6. The number of carbonyl (C=O) groups excluding carboxylic acids is 2. The Morgan fingerprint density at radius 1 is 0.816 bits per heavy atom. The minimum Gasteiger partial charge on any atom is -0.368 e. The molecule has 0 radical (unpaired) electrons. The zero-order valence-electron chi connectivity index (χ0n) is 22.2. The minimum atomic E-state index is -3.06. The van der Waals surface area contributed by atoms with Crippen LogP contribution in [-0.2, 0) is 22.7 Å². The zero-order chi connectivity index (χ0) is 28.5. The van der Waals surface area contributed by atoms with E-state index in [9.17, 15) is 27.2 Å². The molecule has 0 spiro atoms. The van der Waals surface area contributed by atoms with Crippen molar-refractivity contribution in [3.05, 3.63) is 71.3 Å². The minimum absolute atomic E-state index is 0.174. The van der Waals surface area contributed by atoms with E-state index in [1.165, 1.54) is 13.8 Å². The molecule has 0 aliphatic heterocycles. The van der Waals surface area contributed by atoms with E-state index >= 15 is 0 Å². The van der Waals surface area contributed by atoms with E-state index in [0.717, 1.165) is 23.6 Å². The first-order valence-electron chi connectivity index (χ1n) is 12.5. The van der Waals surface area contributed by atoms with Gasteiger partial charge in [-0.2, -0.15) is 0 Å². The van der Waals surface area contributed by atoms with Crippen LogP contribution < -0.4 is 21.7 Å². The summed E-state index contributed by atoms with van der Waals surface area (Å²) in [6.45, 7) is 6.01. The first-order chi connectivity index (χ1) is 17.7. The predicted molar refractivity (Wildman–Crippen MR) is 140 cm³/mol. The topological polar surface area (TPSA) is 96.2 Å². The highest BCUT2D eigenvalue weighted by Crippen LogP contribution is 2.31. The van der Waals surface area contributed by atoms with E-state index in [4.69, 9.17) is 5.73 Å². The fourth-order valence-electron chi connectivity index (χ4n) is 4.03. The third kappa shape index (κ3) is 9.40. The number of aryl methyl sites for hydroxylation is 1. The Morgan fingerprint density at radius 2 is 1.39 bits per heavy atom. The molecule has 1 unspecified atom stereocenters. The van der Waals surface area contributed by atoms with Crippen molar-refractivity contribution in [2.75, 3.05) is 0 Å². The Hall–Kier alpha value is -2.98. The van der Waals surface area contributed by atoms with Gasteiger partial charge in [-0.05, 0) is 31.4 Å². The molecule has 0 aromatic heterocycles. The number of nitrogens with two attached hydrogens (primary N) is 1. The molecule has 0 aliphatic carbocycles. The molecule has 38 heavy (non-hydrogen) atoms. The van der Waals surface area contributed by atoms with Gasteiger partial charge in [-0.15, -0.1) is 0 Å². The Labute approximate surface area is 221 Å². The number of benzene rings is 2. The summed E-state index contributed by atoms with van der Waals surface area (Å²) in [5, 5.41) is 8.18. The first-order valence-corrected chi connectivity index (χ1v) is 12.5. The Bertz CT molecular complexity index is 1050. The molecule has 3 atom stereocenters. The Kier molecular flexibility index (Phi) is 11.3. The summed E-state index contributed by atoms with van der Waals surface area (Å²) in [7, 11) is 0. The molecule has 10 heteroatoms. The van der Waals surface area contributed by atoms with Crippen molar-refractivity contribution in [3.63, 3.8) is 0 Å². The van der Waals surface area contributed by atoms with E-state index in [1.807, 2.05) is 37.3 Å². The second-order valence-electron chi connectivity index (χ2n) is 10.6. The number of hydrogen-bond acceptors (Lipinski definition) is 4. The van der Waals surface area contributed by atoms with Gasteiger partial charge >= 0.3 is 0 Å². The summed E-state index contributed by atoms with van der Waals surface area (Å²) >= 11 is 0. The van der Waals surface area contributed by atoms with Crippen LogP contribution in [0.5, 0.6) is 0 Å². The lowest BCUT2D eigenvalue weighted by atomic mass is 9.85. The Morgan fingerprint density at radius 3 is 1.95 bits per heavy atom. The van der Waals surface area contributed by atoms with Crippen LogP contribution >= 0.6 is 0 Å². The molecule has 2 amide bonds. The standard InChI is InChI=1S/C28H38F4N4O2/c1-18-9-8-12-20(13-18)17-35-22(14-27(2,3)25(29)30)24(38)36-28(4,26(31)32)15-21(23(33)37)34-16-19-10-6-5-7-11-19/h5-13,21-22,25-26,34-35H,14-17H2,1-4H3,(H2,33,37)(H,36,38)/t21-,22+,28?/m0/s1. The van der Waals surface area contributed by atoms with Gasteiger partial charge in [0.15, 0.2) is 0 Å². The van der Waals surface area contributed by atoms with Crippen molar-refractivity contribution in [2.24, 2.45) is 11.1 Å². The number of primary amides is 1. The van der Waals surface area contributed by atoms with Crippen LogP contribution in [0.2, 0.25) is 0 Å². The van der Waals surface area contributed by atoms with E-state index in [-0.39, 0.29) is 19.5 Å². The average molecular weight is 539 g/mol. The number of hydrogen-bond donors (Lipinski definition) is 4. The maximum Gasteiger partial charge on any atom is 0.261 e. The summed E-state index contributed by atoms with van der Waals surface area (Å²) < 4.78 is 56.0. The van der Waals surface area contributed by atoms with E-state index in [1.54, 1.807) is 24.3 Å². The van der Waals surface area contributed by atoms with Gasteiger partial charge in [-0.3, -0.25) is 9.59 Å². The lowest BCUT2D eigenvalue weighted by molar-refractivity contribution is -0.130. The molecule has 0 bridgehead atoms. The van der Waals surface area contributed by atoms with Crippen molar-refractivity contribution < 1.29 is 27.2 Å². The van der Waals surface area contributed by atoms with Crippen molar-refractivity contribution in [1.82, 2.24) is 16.0 Å². The molecular weight excluding hydrogens is 500 g/mol. The number of carbonyl (C=O) groups is 2. The number of halogens is 4. The maximum atomic E-state index is 14.3. The van der Waals surface area contributed by atoms with Crippen LogP contribution in [0, 0.1) is 12.3 Å². The van der Waals surface area contributed by atoms with Crippen LogP contribution in [-0.4, -0.2) is 42.3 Å². The maximum absolute atomic E-state index is 14.3.